The Morgan fingerprint density at radius 2 is 1.67 bits per heavy atom. The highest BCUT2D eigenvalue weighted by Gasteiger charge is 2.12. The normalized spacial score (nSPS) is 11.7. The van der Waals surface area contributed by atoms with Gasteiger partial charge < -0.3 is 10.4 Å². The van der Waals surface area contributed by atoms with Gasteiger partial charge in [0.15, 0.2) is 0 Å². The Bertz CT molecular complexity index is 491. The fourth-order valence-electron chi connectivity index (χ4n) is 1.23. The van der Waals surface area contributed by atoms with Gasteiger partial charge in [-0.25, -0.2) is 4.79 Å². The molecule has 0 spiro atoms. The lowest BCUT2D eigenvalue weighted by Gasteiger charge is -2.07. The van der Waals surface area contributed by atoms with E-state index in [1.807, 2.05) is 18.4 Å². The monoisotopic (exact) mass is 265 g/mol. The summed E-state index contributed by atoms with van der Waals surface area (Å²) >= 11 is 1.61. The Morgan fingerprint density at radius 1 is 1.11 bits per heavy atom. The summed E-state index contributed by atoms with van der Waals surface area (Å²) in [6.07, 6.45) is 1.97. The molecule has 0 aliphatic carbocycles. The van der Waals surface area contributed by atoms with Gasteiger partial charge in [-0.2, -0.15) is 0 Å². The summed E-state index contributed by atoms with van der Waals surface area (Å²) in [7, 11) is 0. The molecule has 96 valence electrons. The number of carbonyl (C=O) groups excluding carboxylic acids is 1. The summed E-state index contributed by atoms with van der Waals surface area (Å²) in [5, 5.41) is 11.5. The molecule has 1 amide bonds. The first kappa shape index (κ1) is 14.3. The van der Waals surface area contributed by atoms with Crippen LogP contribution >= 0.6 is 11.8 Å². The zero-order valence-corrected chi connectivity index (χ0v) is 11.3. The van der Waals surface area contributed by atoms with E-state index in [1.54, 1.807) is 23.9 Å². The first-order valence-electron chi connectivity index (χ1n) is 5.32. The molecule has 0 unspecified atom stereocenters. The summed E-state index contributed by atoms with van der Waals surface area (Å²) in [6, 6.07) is 7.35. The van der Waals surface area contributed by atoms with Crippen LogP contribution in [0.25, 0.3) is 0 Å². The van der Waals surface area contributed by atoms with Crippen molar-refractivity contribution in [3.8, 4) is 0 Å². The number of hydrogen-bond acceptors (Lipinski definition) is 3. The van der Waals surface area contributed by atoms with Crippen molar-refractivity contribution in [1.82, 2.24) is 0 Å². The highest BCUT2D eigenvalue weighted by atomic mass is 32.2. The number of thioether (sulfide) groups is 1. The fourth-order valence-corrected chi connectivity index (χ4v) is 1.64. The van der Waals surface area contributed by atoms with E-state index in [-0.39, 0.29) is 11.1 Å². The van der Waals surface area contributed by atoms with Crippen LogP contribution < -0.4 is 5.32 Å². The number of aliphatic carboxylic acids is 1. The topological polar surface area (TPSA) is 66.4 Å². The molecule has 0 aliphatic heterocycles. The summed E-state index contributed by atoms with van der Waals surface area (Å²) in [5.74, 6) is -1.48. The standard InChI is InChI=1S/C13H15NO3S/c1-8(9(2)13(16)17)12(15)14-10-4-6-11(18-3)7-5-10/h4-7H,1-3H3,(H,14,15)(H,16,17). The first-order valence-corrected chi connectivity index (χ1v) is 6.54. The molecular weight excluding hydrogens is 250 g/mol. The highest BCUT2D eigenvalue weighted by molar-refractivity contribution is 7.98. The van der Waals surface area contributed by atoms with Crippen molar-refractivity contribution < 1.29 is 14.7 Å². The molecular formula is C13H15NO3S. The third kappa shape index (κ3) is 3.63. The zero-order valence-electron chi connectivity index (χ0n) is 10.5. The third-order valence-corrected chi connectivity index (χ3v) is 3.32. The van der Waals surface area contributed by atoms with Gasteiger partial charge >= 0.3 is 5.97 Å². The van der Waals surface area contributed by atoms with Gasteiger partial charge in [0.25, 0.3) is 5.91 Å². The van der Waals surface area contributed by atoms with Crippen LogP contribution in [0.15, 0.2) is 40.3 Å². The van der Waals surface area contributed by atoms with Crippen LogP contribution in [0.2, 0.25) is 0 Å². The molecule has 1 rings (SSSR count). The highest BCUT2D eigenvalue weighted by Crippen LogP contribution is 2.18. The molecule has 2 N–H and O–H groups in total. The molecule has 0 aromatic heterocycles. The number of carboxylic acids is 1. The number of benzene rings is 1. The number of carbonyl (C=O) groups is 2. The second kappa shape index (κ2) is 6.26. The molecule has 4 nitrogen and oxygen atoms in total. The molecule has 0 fully saturated rings. The Morgan fingerprint density at radius 3 is 2.11 bits per heavy atom. The van der Waals surface area contributed by atoms with Crippen LogP contribution in [-0.2, 0) is 9.59 Å². The van der Waals surface area contributed by atoms with E-state index in [9.17, 15) is 9.59 Å². The number of nitrogens with one attached hydrogen (secondary N) is 1. The van der Waals surface area contributed by atoms with Gasteiger partial charge in [-0.3, -0.25) is 4.79 Å². The quantitative estimate of drug-likeness (QED) is 0.649. The fraction of sp³-hybridized carbons (Fsp3) is 0.231. The number of amides is 1. The summed E-state index contributed by atoms with van der Waals surface area (Å²) < 4.78 is 0. The first-order chi connectivity index (χ1) is 8.45. The lowest BCUT2D eigenvalue weighted by atomic mass is 10.1. The third-order valence-electron chi connectivity index (χ3n) is 2.57. The lowest BCUT2D eigenvalue weighted by Crippen LogP contribution is -2.16. The minimum Gasteiger partial charge on any atom is -0.478 e. The van der Waals surface area contributed by atoms with Crippen LogP contribution in [0.5, 0.6) is 0 Å². The van der Waals surface area contributed by atoms with E-state index in [0.717, 1.165) is 4.90 Å². The predicted molar refractivity (Wildman–Crippen MR) is 72.9 cm³/mol. The van der Waals surface area contributed by atoms with Crippen molar-refractivity contribution in [1.29, 1.82) is 0 Å². The van der Waals surface area contributed by atoms with Crippen molar-refractivity contribution in [3.63, 3.8) is 0 Å². The van der Waals surface area contributed by atoms with Gasteiger partial charge in [0.05, 0.1) is 0 Å². The lowest BCUT2D eigenvalue weighted by molar-refractivity contribution is -0.133. The Kier molecular flexibility index (Phi) is 4.97. The van der Waals surface area contributed by atoms with Crippen LogP contribution in [-0.4, -0.2) is 23.2 Å². The van der Waals surface area contributed by atoms with Gasteiger partial charge in [-0.1, -0.05) is 0 Å². The Labute approximate surface area is 110 Å². The molecule has 1 aromatic rings. The van der Waals surface area contributed by atoms with Crippen molar-refractivity contribution in [2.75, 3.05) is 11.6 Å². The largest absolute Gasteiger partial charge is 0.478 e. The molecule has 5 heteroatoms. The minimum absolute atomic E-state index is 0.0493. The van der Waals surface area contributed by atoms with Crippen molar-refractivity contribution >= 4 is 29.3 Å². The average molecular weight is 265 g/mol. The summed E-state index contributed by atoms with van der Waals surface area (Å²) in [4.78, 5) is 23.6. The number of rotatable bonds is 4. The summed E-state index contributed by atoms with van der Waals surface area (Å²) in [6.45, 7) is 2.91. The maximum absolute atomic E-state index is 11.8. The number of carboxylic acid groups (broad SMARTS) is 1. The molecule has 0 aliphatic rings. The molecule has 0 radical (unpaired) electrons. The smallest absolute Gasteiger partial charge is 0.331 e. The van der Waals surface area contributed by atoms with Crippen LogP contribution in [0, 0.1) is 0 Å². The van der Waals surface area contributed by atoms with Gasteiger partial charge in [0.2, 0.25) is 0 Å². The molecule has 0 atom stereocenters. The average Bonchev–Trinajstić information content (AvgIpc) is 2.37. The van der Waals surface area contributed by atoms with E-state index >= 15 is 0 Å². The molecule has 1 aromatic carbocycles. The molecule has 0 saturated heterocycles. The number of anilines is 1. The van der Waals surface area contributed by atoms with Crippen molar-refractivity contribution in [2.45, 2.75) is 18.7 Å². The molecule has 18 heavy (non-hydrogen) atoms. The van der Waals surface area contributed by atoms with Gasteiger partial charge in [0, 0.05) is 21.7 Å². The summed E-state index contributed by atoms with van der Waals surface area (Å²) in [5.41, 5.74) is 0.903. The number of hydrogen-bond donors (Lipinski definition) is 2. The Hall–Kier alpha value is -1.75. The van der Waals surface area contributed by atoms with Gasteiger partial charge in [-0.05, 0) is 44.4 Å². The SMILES string of the molecule is CSc1ccc(NC(=O)C(C)=C(C)C(=O)O)cc1. The Balaban J connectivity index is 2.81. The second-order valence-corrected chi connectivity index (χ2v) is 4.62. The van der Waals surface area contributed by atoms with Crippen LogP contribution in [0.1, 0.15) is 13.8 Å². The van der Waals surface area contributed by atoms with E-state index in [4.69, 9.17) is 5.11 Å². The van der Waals surface area contributed by atoms with E-state index in [0.29, 0.717) is 5.69 Å². The van der Waals surface area contributed by atoms with E-state index in [1.165, 1.54) is 13.8 Å². The van der Waals surface area contributed by atoms with Crippen molar-refractivity contribution in [2.24, 2.45) is 0 Å². The van der Waals surface area contributed by atoms with Crippen LogP contribution in [0.4, 0.5) is 5.69 Å². The van der Waals surface area contributed by atoms with E-state index < -0.39 is 11.9 Å². The van der Waals surface area contributed by atoms with Gasteiger partial charge in [0.1, 0.15) is 0 Å². The van der Waals surface area contributed by atoms with Crippen LogP contribution in [0.3, 0.4) is 0 Å². The minimum atomic E-state index is -1.08. The maximum atomic E-state index is 11.8. The zero-order chi connectivity index (χ0) is 13.7. The van der Waals surface area contributed by atoms with Gasteiger partial charge in [-0.15, -0.1) is 11.8 Å². The van der Waals surface area contributed by atoms with Crippen molar-refractivity contribution in [3.05, 3.63) is 35.4 Å². The molecule has 0 bridgehead atoms. The molecule has 0 saturated carbocycles. The molecule has 0 heterocycles. The second-order valence-electron chi connectivity index (χ2n) is 3.74. The maximum Gasteiger partial charge on any atom is 0.331 e. The van der Waals surface area contributed by atoms with E-state index in [2.05, 4.69) is 5.32 Å². The predicted octanol–water partition coefficient (Wildman–Crippen LogP) is 2.77.